The van der Waals surface area contributed by atoms with Crippen LogP contribution in [0.4, 0.5) is 0 Å². The minimum Gasteiger partial charge on any atom is -0.494 e. The molecule has 23 heavy (non-hydrogen) atoms. The summed E-state index contributed by atoms with van der Waals surface area (Å²) in [5.74, 6) is 1.83. The molecule has 4 unspecified atom stereocenters. The summed E-state index contributed by atoms with van der Waals surface area (Å²) in [7, 11) is 0. The number of ether oxygens (including phenoxy) is 1. The van der Waals surface area contributed by atoms with Crippen LogP contribution in [0.25, 0.3) is 0 Å². The molecule has 3 N–H and O–H groups in total. The summed E-state index contributed by atoms with van der Waals surface area (Å²) in [5.41, 5.74) is 7.71. The molecule has 4 atom stereocenters. The molecule has 0 radical (unpaired) electrons. The van der Waals surface area contributed by atoms with Gasteiger partial charge in [0.1, 0.15) is 5.75 Å². The van der Waals surface area contributed by atoms with Gasteiger partial charge in [0, 0.05) is 17.2 Å². The predicted molar refractivity (Wildman–Crippen MR) is 93.2 cm³/mol. The molecule has 2 aliphatic rings. The lowest BCUT2D eigenvalue weighted by atomic mass is 9.91. The van der Waals surface area contributed by atoms with E-state index in [1.807, 2.05) is 12.1 Å². The van der Waals surface area contributed by atoms with E-state index in [1.165, 1.54) is 5.56 Å². The number of thioether (sulfide) groups is 1. The maximum absolute atomic E-state index is 11.9. The Kier molecular flexibility index (Phi) is 5.46. The Labute approximate surface area is 141 Å². The molecule has 2 fully saturated rings. The molecular formula is C17H25N3O2S. The molecule has 5 nitrogen and oxygen atoms in total. The van der Waals surface area contributed by atoms with Crippen molar-refractivity contribution >= 4 is 17.7 Å². The molecule has 2 heterocycles. The maximum Gasteiger partial charge on any atom is 0.231 e. The van der Waals surface area contributed by atoms with Crippen LogP contribution in [0.15, 0.2) is 24.3 Å². The van der Waals surface area contributed by atoms with Gasteiger partial charge in [0.15, 0.2) is 0 Å². The highest BCUT2D eigenvalue weighted by molar-refractivity contribution is 8.00. The molecule has 2 aliphatic heterocycles. The number of benzene rings is 1. The first-order chi connectivity index (χ1) is 11.2. The average Bonchev–Trinajstić information content (AvgIpc) is 2.81. The van der Waals surface area contributed by atoms with Crippen LogP contribution in [0.3, 0.4) is 0 Å². The second kappa shape index (κ2) is 7.55. The van der Waals surface area contributed by atoms with Gasteiger partial charge in [0.2, 0.25) is 5.91 Å². The van der Waals surface area contributed by atoms with Crippen LogP contribution < -0.4 is 20.9 Å². The predicted octanol–water partition coefficient (Wildman–Crippen LogP) is 2.21. The third-order valence-electron chi connectivity index (χ3n) is 4.46. The van der Waals surface area contributed by atoms with Gasteiger partial charge in [-0.05, 0) is 31.0 Å². The van der Waals surface area contributed by atoms with Gasteiger partial charge in [-0.15, -0.1) is 11.8 Å². The van der Waals surface area contributed by atoms with Gasteiger partial charge < -0.3 is 10.1 Å². The van der Waals surface area contributed by atoms with Crippen LogP contribution in [-0.2, 0) is 4.79 Å². The zero-order chi connectivity index (χ0) is 16.2. The molecule has 3 rings (SSSR count). The number of hydrazine groups is 1. The van der Waals surface area contributed by atoms with E-state index in [9.17, 15) is 4.79 Å². The molecule has 0 bridgehead atoms. The van der Waals surface area contributed by atoms with E-state index in [0.29, 0.717) is 17.7 Å². The Morgan fingerprint density at radius 1 is 1.26 bits per heavy atom. The lowest BCUT2D eigenvalue weighted by Gasteiger charge is -2.27. The topological polar surface area (TPSA) is 62.4 Å². The summed E-state index contributed by atoms with van der Waals surface area (Å²) in [5, 5.41) is 3.34. The van der Waals surface area contributed by atoms with Gasteiger partial charge in [0.05, 0.1) is 18.5 Å². The number of fused-ring (bicyclic) bond motifs is 1. The van der Waals surface area contributed by atoms with Crippen LogP contribution >= 0.6 is 11.8 Å². The number of rotatable bonds is 5. The lowest BCUT2D eigenvalue weighted by molar-refractivity contribution is -0.119. The van der Waals surface area contributed by atoms with Crippen molar-refractivity contribution < 1.29 is 9.53 Å². The molecule has 0 aromatic heterocycles. The number of nitrogens with one attached hydrogen (secondary N) is 3. The van der Waals surface area contributed by atoms with Crippen molar-refractivity contribution in [1.29, 1.82) is 0 Å². The third kappa shape index (κ3) is 3.82. The van der Waals surface area contributed by atoms with Crippen LogP contribution in [0.2, 0.25) is 0 Å². The molecule has 0 saturated carbocycles. The van der Waals surface area contributed by atoms with E-state index in [0.717, 1.165) is 25.2 Å². The van der Waals surface area contributed by atoms with Gasteiger partial charge in [-0.25, -0.2) is 5.43 Å². The van der Waals surface area contributed by atoms with E-state index in [2.05, 4.69) is 42.1 Å². The fourth-order valence-corrected chi connectivity index (χ4v) is 4.55. The molecule has 1 amide bonds. The monoisotopic (exact) mass is 335 g/mol. The molecule has 6 heteroatoms. The number of carbonyl (C=O) groups excluding carboxylic acids is 1. The van der Waals surface area contributed by atoms with E-state index in [4.69, 9.17) is 4.74 Å². The Balaban J connectivity index is 1.74. The minimum atomic E-state index is -0.0158. The van der Waals surface area contributed by atoms with Crippen molar-refractivity contribution in [1.82, 2.24) is 16.2 Å². The van der Waals surface area contributed by atoms with E-state index >= 15 is 0 Å². The summed E-state index contributed by atoms with van der Waals surface area (Å²) in [6, 6.07) is 8.66. The molecule has 1 aromatic carbocycles. The highest BCUT2D eigenvalue weighted by Crippen LogP contribution is 2.42. The van der Waals surface area contributed by atoms with Crippen molar-refractivity contribution in [2.45, 2.75) is 44.1 Å². The summed E-state index contributed by atoms with van der Waals surface area (Å²) in [4.78, 5) is 11.9. The molecule has 0 aliphatic carbocycles. The fourth-order valence-electron chi connectivity index (χ4n) is 3.17. The highest BCUT2D eigenvalue weighted by Gasteiger charge is 2.42. The summed E-state index contributed by atoms with van der Waals surface area (Å²) in [6.45, 7) is 5.08. The lowest BCUT2D eigenvalue weighted by Crippen LogP contribution is -2.46. The first-order valence-electron chi connectivity index (χ1n) is 8.34. The van der Waals surface area contributed by atoms with Crippen LogP contribution in [-0.4, -0.2) is 30.5 Å². The number of unbranched alkanes of at least 4 members (excludes halogenated alkanes) is 1. The van der Waals surface area contributed by atoms with Gasteiger partial charge in [-0.3, -0.25) is 10.2 Å². The zero-order valence-corrected chi connectivity index (χ0v) is 14.5. The number of hydrogen-bond acceptors (Lipinski definition) is 5. The standard InChI is InChI=1S/C17H25N3O2S/c1-3-4-9-22-13-7-5-12(6-8-13)16-15-11(2)19-20-17(15)18-14(21)10-23-16/h5-8,11,15-17,19-20H,3-4,9-10H2,1-2H3,(H,18,21). The molecule has 126 valence electrons. The smallest absolute Gasteiger partial charge is 0.231 e. The van der Waals surface area contributed by atoms with Crippen LogP contribution in [0.5, 0.6) is 5.75 Å². The summed E-state index contributed by atoms with van der Waals surface area (Å²) < 4.78 is 5.74. The Bertz CT molecular complexity index is 537. The average molecular weight is 335 g/mol. The first kappa shape index (κ1) is 16.6. The van der Waals surface area contributed by atoms with Crippen LogP contribution in [0.1, 0.15) is 37.5 Å². The minimum absolute atomic E-state index is 0.0158. The largest absolute Gasteiger partial charge is 0.494 e. The Hall–Kier alpha value is -1.24. The molecule has 0 spiro atoms. The van der Waals surface area contributed by atoms with Gasteiger partial charge in [-0.1, -0.05) is 25.5 Å². The van der Waals surface area contributed by atoms with Crippen molar-refractivity contribution in [3.63, 3.8) is 0 Å². The zero-order valence-electron chi connectivity index (χ0n) is 13.7. The van der Waals surface area contributed by atoms with Crippen molar-refractivity contribution in [2.75, 3.05) is 12.4 Å². The molecular weight excluding hydrogens is 310 g/mol. The second-order valence-corrected chi connectivity index (χ2v) is 7.33. The van der Waals surface area contributed by atoms with Crippen molar-refractivity contribution in [3.8, 4) is 5.75 Å². The van der Waals surface area contributed by atoms with Gasteiger partial charge in [0.25, 0.3) is 0 Å². The number of carbonyl (C=O) groups is 1. The fraction of sp³-hybridized carbons (Fsp3) is 0.588. The normalized spacial score (nSPS) is 30.4. The molecule has 1 aromatic rings. The van der Waals surface area contributed by atoms with Gasteiger partial charge in [-0.2, -0.15) is 0 Å². The molecule has 2 saturated heterocycles. The van der Waals surface area contributed by atoms with E-state index < -0.39 is 0 Å². The second-order valence-electron chi connectivity index (χ2n) is 6.20. The SMILES string of the molecule is CCCCOc1ccc(C2SCC(=O)NC3NNC(C)C32)cc1. The highest BCUT2D eigenvalue weighted by atomic mass is 32.2. The van der Waals surface area contributed by atoms with Crippen LogP contribution in [0, 0.1) is 5.92 Å². The quantitative estimate of drug-likeness (QED) is 0.720. The number of hydrogen-bond donors (Lipinski definition) is 3. The van der Waals surface area contributed by atoms with Crippen molar-refractivity contribution in [3.05, 3.63) is 29.8 Å². The maximum atomic E-state index is 11.9. The number of amides is 1. The van der Waals surface area contributed by atoms with Gasteiger partial charge >= 0.3 is 0 Å². The summed E-state index contributed by atoms with van der Waals surface area (Å²) >= 11 is 1.72. The van der Waals surface area contributed by atoms with E-state index in [-0.39, 0.29) is 17.3 Å². The first-order valence-corrected chi connectivity index (χ1v) is 9.38. The Morgan fingerprint density at radius 2 is 2.04 bits per heavy atom. The van der Waals surface area contributed by atoms with E-state index in [1.54, 1.807) is 11.8 Å². The summed E-state index contributed by atoms with van der Waals surface area (Å²) in [6.07, 6.45) is 2.20. The Morgan fingerprint density at radius 3 is 2.78 bits per heavy atom. The third-order valence-corrected chi connectivity index (χ3v) is 5.84. The van der Waals surface area contributed by atoms with Crippen molar-refractivity contribution in [2.24, 2.45) is 5.92 Å².